The van der Waals surface area contributed by atoms with E-state index in [0.717, 1.165) is 25.0 Å². The minimum absolute atomic E-state index is 0.141. The Labute approximate surface area is 187 Å². The number of rotatable bonds is 8. The van der Waals surface area contributed by atoms with Crippen molar-refractivity contribution in [1.29, 1.82) is 0 Å². The van der Waals surface area contributed by atoms with Gasteiger partial charge in [-0.25, -0.2) is 0 Å². The van der Waals surface area contributed by atoms with Crippen molar-refractivity contribution in [1.82, 2.24) is 5.32 Å². The summed E-state index contributed by atoms with van der Waals surface area (Å²) in [6, 6.07) is 23.6. The summed E-state index contributed by atoms with van der Waals surface area (Å²) in [6.45, 7) is 1.71. The molecule has 6 nitrogen and oxygen atoms in total. The van der Waals surface area contributed by atoms with E-state index in [4.69, 9.17) is 9.47 Å². The molecule has 164 valence electrons. The fraction of sp³-hybridized carbons (Fsp3) is 0.231. The molecule has 0 aliphatic carbocycles. The van der Waals surface area contributed by atoms with Gasteiger partial charge in [0.25, 0.3) is 11.8 Å². The van der Waals surface area contributed by atoms with Crippen LogP contribution in [0.1, 0.15) is 39.1 Å². The second-order valence-electron chi connectivity index (χ2n) is 7.64. The molecule has 32 heavy (non-hydrogen) atoms. The zero-order valence-electron chi connectivity index (χ0n) is 17.8. The van der Waals surface area contributed by atoms with Gasteiger partial charge < -0.3 is 20.1 Å². The number of carbonyl (C=O) groups is 2. The smallest absolute Gasteiger partial charge is 0.255 e. The molecule has 1 heterocycles. The fourth-order valence-electron chi connectivity index (χ4n) is 3.53. The molecule has 3 aromatic rings. The summed E-state index contributed by atoms with van der Waals surface area (Å²) < 4.78 is 11.3. The molecule has 1 unspecified atom stereocenters. The first-order chi connectivity index (χ1) is 15.7. The van der Waals surface area contributed by atoms with Crippen molar-refractivity contribution in [2.45, 2.75) is 25.5 Å². The Morgan fingerprint density at radius 1 is 0.906 bits per heavy atom. The quantitative estimate of drug-likeness (QED) is 0.554. The van der Waals surface area contributed by atoms with Gasteiger partial charge >= 0.3 is 0 Å². The van der Waals surface area contributed by atoms with Crippen LogP contribution >= 0.6 is 0 Å². The van der Waals surface area contributed by atoms with Crippen molar-refractivity contribution in [3.8, 4) is 5.75 Å². The normalized spacial score (nSPS) is 15.2. The molecule has 1 aliphatic rings. The van der Waals surface area contributed by atoms with Gasteiger partial charge in [-0.2, -0.15) is 0 Å². The van der Waals surface area contributed by atoms with Gasteiger partial charge in [0.1, 0.15) is 12.4 Å². The highest BCUT2D eigenvalue weighted by Gasteiger charge is 2.17. The van der Waals surface area contributed by atoms with Crippen LogP contribution in [0.2, 0.25) is 0 Å². The first-order valence-electron chi connectivity index (χ1n) is 10.8. The van der Waals surface area contributed by atoms with Gasteiger partial charge in [0.05, 0.1) is 17.4 Å². The van der Waals surface area contributed by atoms with Crippen LogP contribution < -0.4 is 15.4 Å². The van der Waals surface area contributed by atoms with E-state index < -0.39 is 0 Å². The number of nitrogens with one attached hydrogen (secondary N) is 2. The second-order valence-corrected chi connectivity index (χ2v) is 7.64. The SMILES string of the molecule is O=C(Nc1ccccc1C(=O)NCc1ccccc1)c1ccc(OCC2CCCO2)cc1. The first kappa shape index (κ1) is 21.6. The molecule has 0 aromatic heterocycles. The number of para-hydroxylation sites is 1. The molecular formula is C26H26N2O4. The number of hydrogen-bond donors (Lipinski definition) is 2. The van der Waals surface area contributed by atoms with Crippen LogP contribution in [0, 0.1) is 0 Å². The van der Waals surface area contributed by atoms with E-state index in [1.54, 1.807) is 48.5 Å². The Kier molecular flexibility index (Phi) is 7.15. The maximum atomic E-state index is 12.7. The first-order valence-corrected chi connectivity index (χ1v) is 10.8. The zero-order chi connectivity index (χ0) is 22.2. The largest absolute Gasteiger partial charge is 0.491 e. The molecule has 4 rings (SSSR count). The highest BCUT2D eigenvalue weighted by Crippen LogP contribution is 2.19. The molecule has 1 atom stereocenters. The average Bonchev–Trinajstić information content (AvgIpc) is 3.36. The molecule has 0 saturated carbocycles. The third kappa shape index (κ3) is 5.74. The summed E-state index contributed by atoms with van der Waals surface area (Å²) in [5, 5.41) is 5.74. The van der Waals surface area contributed by atoms with Crippen molar-refractivity contribution >= 4 is 17.5 Å². The highest BCUT2D eigenvalue weighted by molar-refractivity contribution is 6.09. The molecule has 1 fully saturated rings. The molecule has 0 radical (unpaired) electrons. The van der Waals surface area contributed by atoms with E-state index in [-0.39, 0.29) is 17.9 Å². The predicted molar refractivity (Wildman–Crippen MR) is 123 cm³/mol. The van der Waals surface area contributed by atoms with E-state index in [9.17, 15) is 9.59 Å². The third-order valence-corrected chi connectivity index (χ3v) is 5.29. The van der Waals surface area contributed by atoms with Gasteiger partial charge in [0, 0.05) is 18.7 Å². The zero-order valence-corrected chi connectivity index (χ0v) is 17.8. The van der Waals surface area contributed by atoms with E-state index in [0.29, 0.717) is 35.7 Å². The van der Waals surface area contributed by atoms with Crippen molar-refractivity contribution in [3.05, 3.63) is 95.6 Å². The van der Waals surface area contributed by atoms with E-state index in [1.165, 1.54) is 0 Å². The lowest BCUT2D eigenvalue weighted by molar-refractivity contribution is 0.0679. The Bertz CT molecular complexity index is 1040. The molecular weight excluding hydrogens is 404 g/mol. The Balaban J connectivity index is 1.36. The summed E-state index contributed by atoms with van der Waals surface area (Å²) in [4.78, 5) is 25.4. The lowest BCUT2D eigenvalue weighted by Crippen LogP contribution is -2.24. The van der Waals surface area contributed by atoms with E-state index >= 15 is 0 Å². The lowest BCUT2D eigenvalue weighted by Gasteiger charge is -2.13. The molecule has 3 aromatic carbocycles. The summed E-state index contributed by atoms with van der Waals surface area (Å²) in [6.07, 6.45) is 2.22. The van der Waals surface area contributed by atoms with E-state index in [2.05, 4.69) is 10.6 Å². The van der Waals surface area contributed by atoms with Crippen LogP contribution in [0.15, 0.2) is 78.9 Å². The van der Waals surface area contributed by atoms with E-state index in [1.807, 2.05) is 30.3 Å². The van der Waals surface area contributed by atoms with Gasteiger partial charge in [-0.15, -0.1) is 0 Å². The summed E-state index contributed by atoms with van der Waals surface area (Å²) in [5.74, 6) is 0.152. The van der Waals surface area contributed by atoms with Crippen LogP contribution in [0.3, 0.4) is 0 Å². The van der Waals surface area contributed by atoms with Gasteiger partial charge in [0.2, 0.25) is 0 Å². The fourth-order valence-corrected chi connectivity index (χ4v) is 3.53. The summed E-state index contributed by atoms with van der Waals surface area (Å²) in [5.41, 5.74) is 2.35. The number of benzene rings is 3. The highest BCUT2D eigenvalue weighted by atomic mass is 16.5. The van der Waals surface area contributed by atoms with Crippen molar-refractivity contribution < 1.29 is 19.1 Å². The molecule has 0 bridgehead atoms. The lowest BCUT2D eigenvalue weighted by atomic mass is 10.1. The minimum atomic E-state index is -0.293. The second kappa shape index (κ2) is 10.6. The van der Waals surface area contributed by atoms with Crippen LogP contribution in [-0.4, -0.2) is 31.1 Å². The number of anilines is 1. The molecule has 2 amide bonds. The number of carbonyl (C=O) groups excluding carboxylic acids is 2. The third-order valence-electron chi connectivity index (χ3n) is 5.29. The monoisotopic (exact) mass is 430 g/mol. The van der Waals surface area contributed by atoms with Gasteiger partial charge in [0.15, 0.2) is 0 Å². The predicted octanol–water partition coefficient (Wildman–Crippen LogP) is 4.43. The van der Waals surface area contributed by atoms with Crippen LogP contribution in [0.4, 0.5) is 5.69 Å². The number of amides is 2. The molecule has 1 saturated heterocycles. The van der Waals surface area contributed by atoms with Gasteiger partial charge in [-0.05, 0) is 54.8 Å². The maximum Gasteiger partial charge on any atom is 0.255 e. The van der Waals surface area contributed by atoms with Crippen LogP contribution in [0.5, 0.6) is 5.75 Å². The summed E-state index contributed by atoms with van der Waals surface area (Å²) in [7, 11) is 0. The topological polar surface area (TPSA) is 76.7 Å². The van der Waals surface area contributed by atoms with Crippen LogP contribution in [0.25, 0.3) is 0 Å². The minimum Gasteiger partial charge on any atom is -0.491 e. The average molecular weight is 431 g/mol. The van der Waals surface area contributed by atoms with Crippen molar-refractivity contribution in [2.75, 3.05) is 18.5 Å². The summed E-state index contributed by atoms with van der Waals surface area (Å²) >= 11 is 0. The molecule has 2 N–H and O–H groups in total. The van der Waals surface area contributed by atoms with Crippen LogP contribution in [-0.2, 0) is 11.3 Å². The van der Waals surface area contributed by atoms with Crippen molar-refractivity contribution in [3.63, 3.8) is 0 Å². The van der Waals surface area contributed by atoms with Crippen molar-refractivity contribution in [2.24, 2.45) is 0 Å². The molecule has 6 heteroatoms. The maximum absolute atomic E-state index is 12.7. The number of ether oxygens (including phenoxy) is 2. The van der Waals surface area contributed by atoms with Gasteiger partial charge in [-0.3, -0.25) is 9.59 Å². The molecule has 1 aliphatic heterocycles. The Morgan fingerprint density at radius 2 is 1.66 bits per heavy atom. The van der Waals surface area contributed by atoms with Gasteiger partial charge in [-0.1, -0.05) is 42.5 Å². The Hall–Kier alpha value is -3.64. The molecule has 0 spiro atoms. The standard InChI is InChI=1S/C26H26N2O4/c29-25(20-12-14-21(15-13-20)32-18-22-9-6-16-31-22)28-24-11-5-4-10-23(24)26(30)27-17-19-7-2-1-3-8-19/h1-5,7-8,10-15,22H,6,9,16-18H2,(H,27,30)(H,28,29). The number of hydrogen-bond acceptors (Lipinski definition) is 4. The Morgan fingerprint density at radius 3 is 2.41 bits per heavy atom.